The number of carbonyl (C=O) groups excluding carboxylic acids is 1. The number of carbonyl (C=O) groups is 1. The molecule has 3 aromatic rings. The molecule has 0 bridgehead atoms. The summed E-state index contributed by atoms with van der Waals surface area (Å²) in [5.41, 5.74) is 5.03. The van der Waals surface area contributed by atoms with Gasteiger partial charge in [0, 0.05) is 42.5 Å². The number of benzene rings is 2. The van der Waals surface area contributed by atoms with Crippen molar-refractivity contribution >= 4 is 22.6 Å². The molecule has 0 aliphatic carbocycles. The van der Waals surface area contributed by atoms with Gasteiger partial charge in [0.1, 0.15) is 11.9 Å². The van der Waals surface area contributed by atoms with Crippen LogP contribution in [-0.4, -0.2) is 48.7 Å². The third kappa shape index (κ3) is 3.81. The molecule has 1 amide bonds. The van der Waals surface area contributed by atoms with E-state index in [9.17, 15) is 9.18 Å². The maximum Gasteiger partial charge on any atom is 0.227 e. The highest BCUT2D eigenvalue weighted by Crippen LogP contribution is 2.46. The summed E-state index contributed by atoms with van der Waals surface area (Å²) >= 11 is 0. The molecule has 2 atom stereocenters. The first-order chi connectivity index (χ1) is 16.6. The molecule has 178 valence electrons. The average molecular weight is 464 g/mol. The van der Waals surface area contributed by atoms with Crippen LogP contribution in [0.3, 0.4) is 0 Å². The number of anilines is 1. The van der Waals surface area contributed by atoms with Gasteiger partial charge in [0.05, 0.1) is 17.9 Å². The van der Waals surface area contributed by atoms with Crippen LogP contribution in [0.5, 0.6) is 0 Å². The van der Waals surface area contributed by atoms with E-state index in [-0.39, 0.29) is 23.7 Å². The molecule has 7 heteroatoms. The Labute approximate surface area is 198 Å². The number of likely N-dealkylation sites (tertiary alicyclic amines) is 1. The summed E-state index contributed by atoms with van der Waals surface area (Å²) in [5.74, 6) is 0.544. The molecule has 2 aromatic carbocycles. The van der Waals surface area contributed by atoms with Crippen LogP contribution in [-0.2, 0) is 9.53 Å². The quantitative estimate of drug-likeness (QED) is 0.474. The first-order valence-electron chi connectivity index (χ1n) is 12.4. The van der Waals surface area contributed by atoms with E-state index in [0.717, 1.165) is 61.2 Å². The van der Waals surface area contributed by atoms with Crippen molar-refractivity contribution in [3.05, 3.63) is 59.0 Å². The molecule has 0 N–H and O–H groups in total. The summed E-state index contributed by atoms with van der Waals surface area (Å²) in [4.78, 5) is 17.0. The van der Waals surface area contributed by atoms with E-state index >= 15 is 0 Å². The number of fused-ring (bicyclic) bond motifs is 1. The van der Waals surface area contributed by atoms with Gasteiger partial charge in [-0.15, -0.1) is 0 Å². The third-order valence-electron chi connectivity index (χ3n) is 7.75. The van der Waals surface area contributed by atoms with Gasteiger partial charge in [-0.25, -0.2) is 4.39 Å². The lowest BCUT2D eigenvalue weighted by Crippen LogP contribution is -2.35. The highest BCUT2D eigenvalue weighted by molar-refractivity contribution is 5.99. The first kappa shape index (κ1) is 21.7. The molecule has 2 unspecified atom stereocenters. The molecule has 0 radical (unpaired) electrons. The summed E-state index contributed by atoms with van der Waals surface area (Å²) < 4.78 is 25.1. The van der Waals surface area contributed by atoms with Crippen LogP contribution < -0.4 is 4.90 Å². The van der Waals surface area contributed by atoms with Crippen LogP contribution in [0.15, 0.2) is 40.9 Å². The number of halogens is 1. The van der Waals surface area contributed by atoms with Crippen LogP contribution in [0.2, 0.25) is 0 Å². The smallest absolute Gasteiger partial charge is 0.227 e. The van der Waals surface area contributed by atoms with Gasteiger partial charge in [-0.1, -0.05) is 30.3 Å². The molecule has 3 aliphatic heterocycles. The number of hydrogen-bond acceptors (Lipinski definition) is 5. The minimum atomic E-state index is -0.296. The van der Waals surface area contributed by atoms with Crippen LogP contribution in [0.1, 0.15) is 67.4 Å². The Morgan fingerprint density at radius 3 is 2.85 bits per heavy atom. The van der Waals surface area contributed by atoms with E-state index in [1.165, 1.54) is 17.7 Å². The molecule has 0 saturated carbocycles. The molecular weight excluding hydrogens is 433 g/mol. The van der Waals surface area contributed by atoms with Gasteiger partial charge >= 0.3 is 0 Å². The predicted octanol–water partition coefficient (Wildman–Crippen LogP) is 5.15. The van der Waals surface area contributed by atoms with E-state index in [0.29, 0.717) is 31.1 Å². The molecule has 3 aliphatic rings. The number of hydrogen-bond donors (Lipinski definition) is 0. The normalized spacial score (nSPS) is 23.1. The van der Waals surface area contributed by atoms with Gasteiger partial charge in [-0.05, 0) is 56.0 Å². The third-order valence-corrected chi connectivity index (χ3v) is 7.75. The number of amides is 1. The molecule has 1 saturated heterocycles. The maximum atomic E-state index is 13.4. The summed E-state index contributed by atoms with van der Waals surface area (Å²) in [6.45, 7) is 6.47. The molecule has 0 spiro atoms. The Morgan fingerprint density at radius 2 is 2.00 bits per heavy atom. The van der Waals surface area contributed by atoms with Crippen LogP contribution in [0, 0.1) is 5.82 Å². The van der Waals surface area contributed by atoms with Crippen molar-refractivity contribution in [1.29, 1.82) is 0 Å². The average Bonchev–Trinajstić information content (AvgIpc) is 3.43. The number of nitrogens with zero attached hydrogens (tertiary/aromatic N) is 3. The van der Waals surface area contributed by atoms with Crippen LogP contribution in [0.25, 0.3) is 11.0 Å². The largest absolute Gasteiger partial charge is 0.372 e. The monoisotopic (exact) mass is 463 g/mol. The standard InChI is InChI=1S/C27H30FN3O3/c1-17-14-25(32)31-16-24(22-5-2-4-20(17)27(22)31)33-13-3-10-30-11-8-18(9-12-30)26-21-7-6-19(28)15-23(21)34-29-26/h2,4-7,15,17-18,24H,3,8-14,16H2,1H3. The Bertz CT molecular complexity index is 1220. The zero-order valence-corrected chi connectivity index (χ0v) is 19.5. The first-order valence-corrected chi connectivity index (χ1v) is 12.4. The predicted molar refractivity (Wildman–Crippen MR) is 128 cm³/mol. The van der Waals surface area contributed by atoms with Crippen molar-refractivity contribution in [3.8, 4) is 0 Å². The highest BCUT2D eigenvalue weighted by atomic mass is 19.1. The fraction of sp³-hybridized carbons (Fsp3) is 0.481. The van der Waals surface area contributed by atoms with E-state index in [1.54, 1.807) is 6.07 Å². The Kier molecular flexibility index (Phi) is 5.62. The number of aromatic nitrogens is 1. The number of para-hydroxylation sites is 1. The fourth-order valence-corrected chi connectivity index (χ4v) is 5.92. The lowest BCUT2D eigenvalue weighted by Gasteiger charge is -2.31. The van der Waals surface area contributed by atoms with Crippen LogP contribution >= 0.6 is 0 Å². The van der Waals surface area contributed by atoms with Crippen molar-refractivity contribution in [2.45, 2.75) is 50.5 Å². The minimum Gasteiger partial charge on any atom is -0.372 e. The molecule has 34 heavy (non-hydrogen) atoms. The molecular formula is C27H30FN3O3. The molecule has 1 fully saturated rings. The van der Waals surface area contributed by atoms with Gasteiger partial charge in [0.2, 0.25) is 5.91 Å². The number of rotatable bonds is 6. The van der Waals surface area contributed by atoms with Crippen molar-refractivity contribution in [1.82, 2.24) is 10.1 Å². The zero-order valence-electron chi connectivity index (χ0n) is 19.5. The summed E-state index contributed by atoms with van der Waals surface area (Å²) in [5, 5.41) is 5.18. The summed E-state index contributed by atoms with van der Waals surface area (Å²) in [6.07, 6.45) is 3.56. The summed E-state index contributed by atoms with van der Waals surface area (Å²) in [7, 11) is 0. The van der Waals surface area contributed by atoms with Crippen molar-refractivity contribution in [2.75, 3.05) is 37.7 Å². The fourth-order valence-electron chi connectivity index (χ4n) is 5.92. The number of ether oxygens (including phenoxy) is 1. The topological polar surface area (TPSA) is 58.8 Å². The lowest BCUT2D eigenvalue weighted by atomic mass is 9.90. The maximum absolute atomic E-state index is 13.4. The number of piperidine rings is 1. The van der Waals surface area contributed by atoms with E-state index in [2.05, 4.69) is 35.2 Å². The second-order valence-electron chi connectivity index (χ2n) is 9.93. The van der Waals surface area contributed by atoms with Gasteiger partial charge in [0.15, 0.2) is 5.58 Å². The van der Waals surface area contributed by atoms with Gasteiger partial charge in [0.25, 0.3) is 0 Å². The molecule has 6 rings (SSSR count). The second kappa shape index (κ2) is 8.78. The van der Waals surface area contributed by atoms with E-state index in [1.807, 2.05) is 4.90 Å². The van der Waals surface area contributed by atoms with Gasteiger partial charge in [-0.2, -0.15) is 0 Å². The highest BCUT2D eigenvalue weighted by Gasteiger charge is 2.39. The Balaban J connectivity index is 1.000. The molecule has 4 heterocycles. The lowest BCUT2D eigenvalue weighted by molar-refractivity contribution is -0.119. The minimum absolute atomic E-state index is 0.0276. The van der Waals surface area contributed by atoms with Crippen molar-refractivity contribution in [3.63, 3.8) is 0 Å². The van der Waals surface area contributed by atoms with Gasteiger partial charge < -0.3 is 19.1 Å². The van der Waals surface area contributed by atoms with Crippen molar-refractivity contribution < 1.29 is 18.4 Å². The zero-order chi connectivity index (χ0) is 23.2. The summed E-state index contributed by atoms with van der Waals surface area (Å²) in [6, 6.07) is 11.0. The van der Waals surface area contributed by atoms with E-state index < -0.39 is 0 Å². The second-order valence-corrected chi connectivity index (χ2v) is 9.93. The molecule has 1 aromatic heterocycles. The van der Waals surface area contributed by atoms with Crippen molar-refractivity contribution in [2.24, 2.45) is 0 Å². The van der Waals surface area contributed by atoms with Crippen LogP contribution in [0.4, 0.5) is 10.1 Å². The Morgan fingerprint density at radius 1 is 1.18 bits per heavy atom. The molecule has 6 nitrogen and oxygen atoms in total. The SMILES string of the molecule is CC1CC(=O)N2CC(OCCCN3CCC(c4noc5cc(F)ccc45)CC3)c3cccc1c32. The van der Waals surface area contributed by atoms with E-state index in [4.69, 9.17) is 9.26 Å². The Hall–Kier alpha value is -2.77. The van der Waals surface area contributed by atoms with Gasteiger partial charge in [-0.3, -0.25) is 4.79 Å².